The van der Waals surface area contributed by atoms with Crippen molar-refractivity contribution in [1.82, 2.24) is 10.6 Å². The van der Waals surface area contributed by atoms with E-state index in [1.54, 1.807) is 13.8 Å². The van der Waals surface area contributed by atoms with Gasteiger partial charge in [-0.25, -0.2) is 4.79 Å². The molecule has 0 radical (unpaired) electrons. The van der Waals surface area contributed by atoms with E-state index in [0.29, 0.717) is 12.7 Å². The van der Waals surface area contributed by atoms with Gasteiger partial charge in [-0.05, 0) is 43.9 Å². The van der Waals surface area contributed by atoms with Gasteiger partial charge < -0.3 is 30.0 Å². The number of amides is 2. The Morgan fingerprint density at radius 2 is 1.23 bits per heavy atom. The quantitative estimate of drug-likeness (QED) is 0.131. The lowest BCUT2D eigenvalue weighted by Gasteiger charge is -2.26. The molecule has 0 rings (SSSR count). The molecule has 14 heteroatoms. The molecule has 0 aliphatic carbocycles. The lowest BCUT2D eigenvalue weighted by atomic mass is 10.0. The Balaban J connectivity index is 5.88. The maximum absolute atomic E-state index is 13.4. The molecule has 0 aliphatic heterocycles. The van der Waals surface area contributed by atoms with Crippen LogP contribution in [0.5, 0.6) is 0 Å². The van der Waals surface area contributed by atoms with Crippen molar-refractivity contribution in [2.75, 3.05) is 0 Å². The van der Waals surface area contributed by atoms with Crippen LogP contribution in [0.15, 0.2) is 0 Å². The van der Waals surface area contributed by atoms with Gasteiger partial charge in [-0.3, -0.25) is 28.8 Å². The monoisotopic (exact) mass is 630 g/mol. The number of hydrogen-bond acceptors (Lipinski definition) is 11. The number of carboxylic acid groups (broad SMARTS) is 1. The van der Waals surface area contributed by atoms with Gasteiger partial charge in [0.25, 0.3) is 5.91 Å². The zero-order valence-corrected chi connectivity index (χ0v) is 27.0. The van der Waals surface area contributed by atoms with Crippen LogP contribution in [0, 0.1) is 17.8 Å². The van der Waals surface area contributed by atoms with Crippen LogP contribution in [0.3, 0.4) is 0 Å². The topological polar surface area (TPSA) is 199 Å². The standard InChI is InChI=1S/C29H46N2O11S/c1-15(2)9-20(14-32)43-29(40)22(11-17(5)6)31-26(36)21(10-16(3)4)30-27(37)23(12-18(7)33)42-25(35)13-24(28(38)39)41-19(8)34/h14-17,20-24H,9-13H2,1-8H3,(H,30,37)(H,31,36)(H,38,39)/t20?,21?,22-,23+,24+/m0/s1. The van der Waals surface area contributed by atoms with Gasteiger partial charge in [0.15, 0.2) is 6.10 Å². The molecule has 0 aromatic rings. The number of carbonyl (C=O) groups is 8. The summed E-state index contributed by atoms with van der Waals surface area (Å²) in [4.78, 5) is 97.9. The molecule has 3 N–H and O–H groups in total. The summed E-state index contributed by atoms with van der Waals surface area (Å²) in [5.41, 5.74) is 0. The van der Waals surface area contributed by atoms with Crippen LogP contribution < -0.4 is 10.6 Å². The van der Waals surface area contributed by atoms with Crippen molar-refractivity contribution >= 4 is 58.7 Å². The highest BCUT2D eigenvalue weighted by Crippen LogP contribution is 2.22. The van der Waals surface area contributed by atoms with Gasteiger partial charge in [0.1, 0.15) is 18.1 Å². The molecule has 0 aliphatic rings. The van der Waals surface area contributed by atoms with E-state index >= 15 is 0 Å². The first-order valence-corrected chi connectivity index (χ1v) is 15.1. The number of aldehydes is 1. The number of aliphatic carboxylic acids is 1. The highest BCUT2D eigenvalue weighted by atomic mass is 32.2. The maximum atomic E-state index is 13.4. The molecule has 0 saturated carbocycles. The molecule has 43 heavy (non-hydrogen) atoms. The van der Waals surface area contributed by atoms with Gasteiger partial charge in [-0.2, -0.15) is 0 Å². The fraction of sp³-hybridized carbons (Fsp3) is 0.724. The molecule has 0 aromatic heterocycles. The van der Waals surface area contributed by atoms with Crippen molar-refractivity contribution in [2.45, 2.75) is 117 Å². The third-order valence-electron chi connectivity index (χ3n) is 5.75. The smallest absolute Gasteiger partial charge is 0.345 e. The minimum atomic E-state index is -1.86. The number of Topliss-reactive ketones (excluding diaryl/α,β-unsaturated/α-hetero) is 1. The Labute approximate surface area is 256 Å². The first-order valence-electron chi connectivity index (χ1n) is 14.2. The van der Waals surface area contributed by atoms with E-state index in [-0.39, 0.29) is 30.6 Å². The molecule has 0 bridgehead atoms. The van der Waals surface area contributed by atoms with Crippen LogP contribution in [-0.4, -0.2) is 81.6 Å². The number of nitrogens with one attached hydrogen (secondary N) is 2. The number of rotatable bonds is 20. The normalized spacial score (nSPS) is 14.7. The average molecular weight is 631 g/mol. The van der Waals surface area contributed by atoms with E-state index < -0.39 is 83.0 Å². The van der Waals surface area contributed by atoms with E-state index in [2.05, 4.69) is 15.4 Å². The van der Waals surface area contributed by atoms with Gasteiger partial charge in [0.2, 0.25) is 17.1 Å². The number of carbonyl (C=O) groups excluding carboxylic acids is 7. The first-order chi connectivity index (χ1) is 19.9. The van der Waals surface area contributed by atoms with E-state index in [1.165, 1.54) is 0 Å². The molecule has 0 spiro atoms. The van der Waals surface area contributed by atoms with Gasteiger partial charge >= 0.3 is 17.9 Å². The third kappa shape index (κ3) is 17.4. The number of ketones is 1. The molecule has 0 aromatic carbocycles. The van der Waals surface area contributed by atoms with Crippen LogP contribution in [0.4, 0.5) is 0 Å². The highest BCUT2D eigenvalue weighted by Gasteiger charge is 2.34. The molecule has 13 nitrogen and oxygen atoms in total. The Hall–Kier alpha value is -3.29. The van der Waals surface area contributed by atoms with Gasteiger partial charge in [-0.1, -0.05) is 53.3 Å². The lowest BCUT2D eigenvalue weighted by Crippen LogP contribution is -2.54. The minimum Gasteiger partial charge on any atom is -0.478 e. The molecule has 0 heterocycles. The van der Waals surface area contributed by atoms with Crippen molar-refractivity contribution in [2.24, 2.45) is 17.8 Å². The summed E-state index contributed by atoms with van der Waals surface area (Å²) in [6.07, 6.45) is -3.44. The number of ether oxygens (including phenoxy) is 2. The average Bonchev–Trinajstić information content (AvgIpc) is 2.84. The predicted molar refractivity (Wildman–Crippen MR) is 158 cm³/mol. The molecular weight excluding hydrogens is 584 g/mol. The lowest BCUT2D eigenvalue weighted by molar-refractivity contribution is -0.170. The van der Waals surface area contributed by atoms with Crippen molar-refractivity contribution in [1.29, 1.82) is 0 Å². The zero-order valence-electron chi connectivity index (χ0n) is 26.2. The van der Waals surface area contributed by atoms with Crippen molar-refractivity contribution in [3.63, 3.8) is 0 Å². The second-order valence-corrected chi connectivity index (χ2v) is 12.9. The SMILES string of the molecule is CC(=O)C[C@@H](OC(=O)C[C@@H](OC(C)=O)C(=O)O)C(=O)NC(CC(C)C)C(=O)N[C@@H](CC(C)C)C(=O)SC(C=O)CC(C)C. The number of esters is 2. The van der Waals surface area contributed by atoms with E-state index in [9.17, 15) is 43.5 Å². The molecule has 5 atom stereocenters. The molecule has 0 fully saturated rings. The van der Waals surface area contributed by atoms with Crippen molar-refractivity contribution < 1.29 is 52.9 Å². The molecule has 2 amide bonds. The molecule has 244 valence electrons. The van der Waals surface area contributed by atoms with Gasteiger partial charge in [0.05, 0.1) is 24.1 Å². The predicted octanol–water partition coefficient (Wildman–Crippen LogP) is 2.22. The molecule has 2 unspecified atom stereocenters. The summed E-state index contributed by atoms with van der Waals surface area (Å²) in [6, 6.07) is -2.13. The second-order valence-electron chi connectivity index (χ2n) is 11.6. The number of carboxylic acids is 1. The number of thioether (sulfide) groups is 1. The van der Waals surface area contributed by atoms with E-state index in [4.69, 9.17) is 4.74 Å². The Kier molecular flexibility index (Phi) is 18.3. The molecule has 0 saturated heterocycles. The Bertz CT molecular complexity index is 1010. The summed E-state index contributed by atoms with van der Waals surface area (Å²) in [6.45, 7) is 13.3. The van der Waals surface area contributed by atoms with Gasteiger partial charge in [0, 0.05) is 6.92 Å². The summed E-state index contributed by atoms with van der Waals surface area (Å²) in [5, 5.41) is 13.4. The van der Waals surface area contributed by atoms with Crippen LogP contribution in [0.25, 0.3) is 0 Å². The Morgan fingerprint density at radius 3 is 1.67 bits per heavy atom. The summed E-state index contributed by atoms with van der Waals surface area (Å²) in [5.74, 6) is -5.89. The van der Waals surface area contributed by atoms with Crippen LogP contribution in [0.2, 0.25) is 0 Å². The van der Waals surface area contributed by atoms with Gasteiger partial charge in [-0.15, -0.1) is 0 Å². The summed E-state index contributed by atoms with van der Waals surface area (Å²) in [7, 11) is 0. The van der Waals surface area contributed by atoms with E-state index in [1.807, 2.05) is 27.7 Å². The zero-order chi connectivity index (χ0) is 33.4. The van der Waals surface area contributed by atoms with Crippen LogP contribution >= 0.6 is 11.8 Å². The third-order valence-corrected chi connectivity index (χ3v) is 6.87. The minimum absolute atomic E-state index is 0.00809. The number of hydrogen-bond donors (Lipinski definition) is 3. The summed E-state index contributed by atoms with van der Waals surface area (Å²) < 4.78 is 9.65. The highest BCUT2D eigenvalue weighted by molar-refractivity contribution is 8.14. The molecular formula is C29H46N2O11S. The second kappa shape index (κ2) is 19.8. The van der Waals surface area contributed by atoms with Crippen molar-refractivity contribution in [3.8, 4) is 0 Å². The summed E-state index contributed by atoms with van der Waals surface area (Å²) >= 11 is 0.856. The fourth-order valence-corrected chi connectivity index (χ4v) is 5.09. The first kappa shape index (κ1) is 39.7. The largest absolute Gasteiger partial charge is 0.478 e. The van der Waals surface area contributed by atoms with E-state index in [0.717, 1.165) is 25.6 Å². The maximum Gasteiger partial charge on any atom is 0.345 e. The Morgan fingerprint density at radius 1 is 0.721 bits per heavy atom. The van der Waals surface area contributed by atoms with Crippen LogP contribution in [-0.2, 0) is 47.8 Å². The van der Waals surface area contributed by atoms with Crippen molar-refractivity contribution in [3.05, 3.63) is 0 Å². The van der Waals surface area contributed by atoms with Crippen LogP contribution in [0.1, 0.15) is 87.5 Å². The fourth-order valence-electron chi connectivity index (χ4n) is 3.94.